The van der Waals surface area contributed by atoms with E-state index in [4.69, 9.17) is 9.57 Å². The van der Waals surface area contributed by atoms with Crippen molar-refractivity contribution in [2.45, 2.75) is 52.7 Å². The van der Waals surface area contributed by atoms with Gasteiger partial charge in [0.05, 0.1) is 12.8 Å². The molecule has 2 aliphatic rings. The number of piperidine rings is 1. The number of halogens is 1. The van der Waals surface area contributed by atoms with Crippen LogP contribution < -0.4 is 10.1 Å². The van der Waals surface area contributed by atoms with Gasteiger partial charge in [0.25, 0.3) is 5.91 Å². The zero-order valence-electron chi connectivity index (χ0n) is 20.6. The second-order valence-corrected chi connectivity index (χ2v) is 8.20. The number of methoxy groups -OCH3 is 1. The number of aryl methyl sites for hydroxylation is 1. The number of hydrogen-bond acceptors (Lipinski definition) is 7. The minimum Gasteiger partial charge on any atom is -0.494 e. The standard InChI is InChI=1S/C23H26FN5O4.C2H6/c1-14-26-18(19-11-21(33-28-19)16-5-7-29(13-30)8-6-16)10-20(27-14)23(31)25-12-15-3-4-17(24)22(9-15)32-2;1-2/h3-4,9-10,13,16,21H,5-8,11-12H2,1-2H3,(H,25,31);1-2H3. The van der Waals surface area contributed by atoms with Gasteiger partial charge in [-0.25, -0.2) is 14.4 Å². The van der Waals surface area contributed by atoms with Crippen LogP contribution in [0.25, 0.3) is 0 Å². The number of benzene rings is 1. The largest absolute Gasteiger partial charge is 0.494 e. The average molecular weight is 486 g/mol. The van der Waals surface area contributed by atoms with Crippen molar-refractivity contribution in [1.29, 1.82) is 0 Å². The summed E-state index contributed by atoms with van der Waals surface area (Å²) >= 11 is 0. The number of ether oxygens (including phenoxy) is 1. The van der Waals surface area contributed by atoms with Crippen molar-refractivity contribution in [2.24, 2.45) is 11.1 Å². The zero-order chi connectivity index (χ0) is 25.4. The zero-order valence-corrected chi connectivity index (χ0v) is 20.6. The van der Waals surface area contributed by atoms with Crippen LogP contribution >= 0.6 is 0 Å². The summed E-state index contributed by atoms with van der Waals surface area (Å²) in [5, 5.41) is 7.02. The molecule has 9 nitrogen and oxygen atoms in total. The highest BCUT2D eigenvalue weighted by atomic mass is 19.1. The van der Waals surface area contributed by atoms with Crippen molar-refractivity contribution in [3.63, 3.8) is 0 Å². The maximum Gasteiger partial charge on any atom is 0.270 e. The van der Waals surface area contributed by atoms with Gasteiger partial charge in [0, 0.05) is 32.0 Å². The molecule has 1 N–H and O–H groups in total. The first kappa shape index (κ1) is 26.1. The summed E-state index contributed by atoms with van der Waals surface area (Å²) in [6, 6.07) is 6.02. The van der Waals surface area contributed by atoms with Crippen molar-refractivity contribution in [3.8, 4) is 5.75 Å². The summed E-state index contributed by atoms with van der Waals surface area (Å²) < 4.78 is 18.6. The molecule has 0 bridgehead atoms. The van der Waals surface area contributed by atoms with E-state index in [0.29, 0.717) is 35.1 Å². The van der Waals surface area contributed by atoms with Crippen LogP contribution in [0.3, 0.4) is 0 Å². The molecule has 2 aliphatic heterocycles. The molecule has 2 aromatic rings. The van der Waals surface area contributed by atoms with Crippen molar-refractivity contribution < 1.29 is 23.6 Å². The van der Waals surface area contributed by atoms with Gasteiger partial charge >= 0.3 is 0 Å². The fraction of sp³-hybridized carbons (Fsp3) is 0.480. The Balaban J connectivity index is 0.00000167. The fourth-order valence-corrected chi connectivity index (χ4v) is 4.12. The molecular weight excluding hydrogens is 453 g/mol. The maximum atomic E-state index is 13.6. The Morgan fingerprint density at radius 2 is 2.00 bits per heavy atom. The Hall–Kier alpha value is -3.56. The monoisotopic (exact) mass is 485 g/mol. The lowest BCUT2D eigenvalue weighted by molar-refractivity contribution is -0.120. The highest BCUT2D eigenvalue weighted by molar-refractivity contribution is 6.01. The maximum absolute atomic E-state index is 13.6. The summed E-state index contributed by atoms with van der Waals surface area (Å²) in [6.07, 6.45) is 3.16. The molecular formula is C25H32FN5O4. The molecule has 0 saturated carbocycles. The lowest BCUT2D eigenvalue weighted by atomic mass is 9.88. The first-order chi connectivity index (χ1) is 17.0. The average Bonchev–Trinajstić information content (AvgIpc) is 3.39. The third kappa shape index (κ3) is 6.52. The third-order valence-electron chi connectivity index (χ3n) is 5.98. The van der Waals surface area contributed by atoms with E-state index >= 15 is 0 Å². The van der Waals surface area contributed by atoms with E-state index in [-0.39, 0.29) is 30.0 Å². The number of carbonyl (C=O) groups excluding carboxylic acids is 2. The summed E-state index contributed by atoms with van der Waals surface area (Å²) in [7, 11) is 1.39. The lowest BCUT2D eigenvalue weighted by Crippen LogP contribution is -2.37. The second-order valence-electron chi connectivity index (χ2n) is 8.20. The molecule has 35 heavy (non-hydrogen) atoms. The highest BCUT2D eigenvalue weighted by Crippen LogP contribution is 2.29. The van der Waals surface area contributed by atoms with Crippen LogP contribution in [0.4, 0.5) is 4.39 Å². The molecule has 0 spiro atoms. The third-order valence-corrected chi connectivity index (χ3v) is 5.98. The van der Waals surface area contributed by atoms with Crippen LogP contribution in [0.15, 0.2) is 29.4 Å². The van der Waals surface area contributed by atoms with E-state index < -0.39 is 5.82 Å². The molecule has 0 radical (unpaired) electrons. The highest BCUT2D eigenvalue weighted by Gasteiger charge is 2.33. The van der Waals surface area contributed by atoms with Gasteiger partial charge in [0.2, 0.25) is 6.41 Å². The molecule has 4 rings (SSSR count). The number of rotatable bonds is 7. The number of nitrogens with zero attached hydrogens (tertiary/aromatic N) is 4. The van der Waals surface area contributed by atoms with E-state index in [1.807, 2.05) is 13.8 Å². The first-order valence-corrected chi connectivity index (χ1v) is 11.9. The molecule has 2 amide bonds. The van der Waals surface area contributed by atoms with Crippen molar-refractivity contribution >= 4 is 18.0 Å². The van der Waals surface area contributed by atoms with Crippen molar-refractivity contribution in [3.05, 3.63) is 52.9 Å². The summed E-state index contributed by atoms with van der Waals surface area (Å²) in [6.45, 7) is 7.36. The van der Waals surface area contributed by atoms with Gasteiger partial charge in [-0.2, -0.15) is 0 Å². The Morgan fingerprint density at radius 3 is 2.69 bits per heavy atom. The van der Waals surface area contributed by atoms with Gasteiger partial charge in [0.1, 0.15) is 23.3 Å². The lowest BCUT2D eigenvalue weighted by Gasteiger charge is -2.31. The second kappa shape index (κ2) is 12.2. The van der Waals surface area contributed by atoms with Crippen LogP contribution in [0.1, 0.15) is 60.7 Å². The SMILES string of the molecule is CC.COc1cc(CNC(=O)c2cc(C3=NOC(C4CCN(C=O)CC4)C3)nc(C)n2)ccc1F. The van der Waals surface area contributed by atoms with E-state index in [2.05, 4.69) is 20.4 Å². The fourth-order valence-electron chi connectivity index (χ4n) is 4.12. The Kier molecular flexibility index (Phi) is 9.11. The van der Waals surface area contributed by atoms with Crippen LogP contribution in [0.5, 0.6) is 5.75 Å². The quantitative estimate of drug-likeness (QED) is 0.604. The van der Waals surface area contributed by atoms with E-state index in [0.717, 1.165) is 32.3 Å². The predicted octanol–water partition coefficient (Wildman–Crippen LogP) is 3.25. The van der Waals surface area contributed by atoms with E-state index in [1.165, 1.54) is 19.2 Å². The topological polar surface area (TPSA) is 106 Å². The molecule has 1 aromatic heterocycles. The van der Waals surface area contributed by atoms with Crippen molar-refractivity contribution in [2.75, 3.05) is 20.2 Å². The molecule has 1 unspecified atom stereocenters. The van der Waals surface area contributed by atoms with Crippen molar-refractivity contribution in [1.82, 2.24) is 20.2 Å². The van der Waals surface area contributed by atoms with Gasteiger partial charge in [0.15, 0.2) is 11.6 Å². The van der Waals surface area contributed by atoms with Crippen LogP contribution in [-0.4, -0.2) is 59.2 Å². The minimum atomic E-state index is -0.462. The molecule has 0 aliphatic carbocycles. The van der Waals surface area contributed by atoms with Crippen LogP contribution in [0, 0.1) is 18.7 Å². The number of hydrogen-bond donors (Lipinski definition) is 1. The number of carbonyl (C=O) groups is 2. The summed E-state index contributed by atoms with van der Waals surface area (Å²) in [5.74, 6) is 0.0538. The summed E-state index contributed by atoms with van der Waals surface area (Å²) in [5.41, 5.74) is 2.16. The number of oxime groups is 1. The number of likely N-dealkylation sites (tertiary alicyclic amines) is 1. The smallest absolute Gasteiger partial charge is 0.270 e. The predicted molar refractivity (Wildman–Crippen MR) is 129 cm³/mol. The molecule has 1 fully saturated rings. The Labute approximate surface area is 204 Å². The van der Waals surface area contributed by atoms with Gasteiger partial charge in [-0.15, -0.1) is 0 Å². The molecule has 1 aromatic carbocycles. The first-order valence-electron chi connectivity index (χ1n) is 11.9. The molecule has 3 heterocycles. The number of nitrogens with one attached hydrogen (secondary N) is 1. The van der Waals surface area contributed by atoms with Gasteiger partial charge in [-0.05, 0) is 43.5 Å². The van der Waals surface area contributed by atoms with E-state index in [1.54, 1.807) is 24.0 Å². The Bertz CT molecular complexity index is 1070. The van der Waals surface area contributed by atoms with Gasteiger partial charge < -0.3 is 19.8 Å². The molecule has 1 saturated heterocycles. The molecule has 1 atom stereocenters. The van der Waals surface area contributed by atoms with Crippen LogP contribution in [-0.2, 0) is 16.2 Å². The Morgan fingerprint density at radius 1 is 1.26 bits per heavy atom. The van der Waals surface area contributed by atoms with Gasteiger partial charge in [-0.3, -0.25) is 9.59 Å². The minimum absolute atomic E-state index is 0.0604. The summed E-state index contributed by atoms with van der Waals surface area (Å²) in [4.78, 5) is 39.8. The van der Waals surface area contributed by atoms with Gasteiger partial charge in [-0.1, -0.05) is 25.1 Å². The number of amides is 2. The number of aromatic nitrogens is 2. The molecule has 188 valence electrons. The van der Waals surface area contributed by atoms with E-state index in [9.17, 15) is 14.0 Å². The van der Waals surface area contributed by atoms with Crippen LogP contribution in [0.2, 0.25) is 0 Å². The molecule has 10 heteroatoms. The normalized spacial score (nSPS) is 17.6.